The summed E-state index contributed by atoms with van der Waals surface area (Å²) in [7, 11) is 0. The van der Waals surface area contributed by atoms with E-state index in [1.165, 1.54) is 4.90 Å². The Morgan fingerprint density at radius 2 is 1.94 bits per heavy atom. The highest BCUT2D eigenvalue weighted by Gasteiger charge is 2.27. The summed E-state index contributed by atoms with van der Waals surface area (Å²) >= 11 is 0. The van der Waals surface area contributed by atoms with Gasteiger partial charge in [0.2, 0.25) is 0 Å². The Balaban J connectivity index is 4.39. The molecule has 6 nitrogen and oxygen atoms in total. The fourth-order valence-electron chi connectivity index (χ4n) is 1.14. The molecular formula is C10H21N3O3. The summed E-state index contributed by atoms with van der Waals surface area (Å²) < 4.78 is 0. The molecule has 6 heteroatoms. The number of carbonyl (C=O) groups is 2. The predicted octanol–water partition coefficient (Wildman–Crippen LogP) is 0.230. The van der Waals surface area contributed by atoms with Crippen LogP contribution in [0.2, 0.25) is 0 Å². The van der Waals surface area contributed by atoms with Crippen molar-refractivity contribution in [2.45, 2.75) is 32.7 Å². The van der Waals surface area contributed by atoms with E-state index < -0.39 is 11.5 Å². The largest absolute Gasteiger partial charge is 0.480 e. The minimum absolute atomic E-state index is 0.308. The van der Waals surface area contributed by atoms with Crippen molar-refractivity contribution >= 4 is 12.0 Å². The Bertz CT molecular complexity index is 248. The molecule has 0 unspecified atom stereocenters. The number of amides is 2. The summed E-state index contributed by atoms with van der Waals surface area (Å²) in [6.45, 7) is 6.02. The van der Waals surface area contributed by atoms with Crippen LogP contribution in [0.5, 0.6) is 0 Å². The van der Waals surface area contributed by atoms with Crippen molar-refractivity contribution in [2.75, 3.05) is 19.6 Å². The second kappa shape index (κ2) is 6.32. The number of carboxylic acid groups (broad SMARTS) is 1. The topological polar surface area (TPSA) is 95.7 Å². The van der Waals surface area contributed by atoms with Crippen LogP contribution in [0.15, 0.2) is 0 Å². The van der Waals surface area contributed by atoms with Gasteiger partial charge in [-0.15, -0.1) is 0 Å². The first-order valence-corrected chi connectivity index (χ1v) is 5.26. The number of carbonyl (C=O) groups excluding carboxylic acids is 1. The summed E-state index contributed by atoms with van der Waals surface area (Å²) in [5, 5.41) is 11.4. The van der Waals surface area contributed by atoms with Gasteiger partial charge in [-0.1, -0.05) is 0 Å². The van der Waals surface area contributed by atoms with Crippen LogP contribution in [-0.4, -0.2) is 47.2 Å². The maximum Gasteiger partial charge on any atom is 0.323 e. The molecule has 0 bridgehead atoms. The molecule has 16 heavy (non-hydrogen) atoms. The highest BCUT2D eigenvalue weighted by atomic mass is 16.4. The lowest BCUT2D eigenvalue weighted by molar-refractivity contribution is -0.138. The zero-order valence-electron chi connectivity index (χ0n) is 10.1. The Labute approximate surface area is 95.8 Å². The second-order valence-electron chi connectivity index (χ2n) is 4.52. The fourth-order valence-corrected chi connectivity index (χ4v) is 1.14. The number of hydrogen-bond acceptors (Lipinski definition) is 3. The van der Waals surface area contributed by atoms with Crippen molar-refractivity contribution in [3.63, 3.8) is 0 Å². The second-order valence-corrected chi connectivity index (χ2v) is 4.52. The third-order valence-corrected chi connectivity index (χ3v) is 2.01. The summed E-state index contributed by atoms with van der Waals surface area (Å²) in [4.78, 5) is 23.6. The molecule has 0 aliphatic rings. The monoisotopic (exact) mass is 231 g/mol. The van der Waals surface area contributed by atoms with E-state index in [9.17, 15) is 9.59 Å². The lowest BCUT2D eigenvalue weighted by Gasteiger charge is -2.34. The molecule has 0 spiro atoms. The number of nitrogens with zero attached hydrogens (tertiary/aromatic N) is 1. The van der Waals surface area contributed by atoms with E-state index in [1.807, 2.05) is 0 Å². The first-order chi connectivity index (χ1) is 7.29. The normalized spacial score (nSPS) is 11.0. The number of urea groups is 1. The number of aliphatic carboxylic acids is 1. The molecular weight excluding hydrogens is 210 g/mol. The molecule has 0 heterocycles. The summed E-state index contributed by atoms with van der Waals surface area (Å²) in [5.41, 5.74) is 4.78. The van der Waals surface area contributed by atoms with Crippen molar-refractivity contribution in [3.8, 4) is 0 Å². The van der Waals surface area contributed by atoms with Crippen molar-refractivity contribution in [1.29, 1.82) is 0 Å². The van der Waals surface area contributed by atoms with E-state index in [1.54, 1.807) is 20.8 Å². The number of rotatable bonds is 5. The van der Waals surface area contributed by atoms with Gasteiger partial charge >= 0.3 is 12.0 Å². The Hall–Kier alpha value is -1.30. The van der Waals surface area contributed by atoms with Gasteiger partial charge in [0.05, 0.1) is 0 Å². The molecule has 0 saturated carbocycles. The zero-order chi connectivity index (χ0) is 12.8. The molecule has 0 aromatic heterocycles. The third kappa shape index (κ3) is 5.55. The Kier molecular flexibility index (Phi) is 5.81. The van der Waals surface area contributed by atoms with Crippen LogP contribution in [0.1, 0.15) is 27.2 Å². The van der Waals surface area contributed by atoms with Crippen molar-refractivity contribution < 1.29 is 14.7 Å². The molecule has 94 valence electrons. The van der Waals surface area contributed by atoms with Gasteiger partial charge in [0.1, 0.15) is 6.54 Å². The van der Waals surface area contributed by atoms with E-state index in [4.69, 9.17) is 10.8 Å². The summed E-state index contributed by atoms with van der Waals surface area (Å²) in [6, 6.07) is -0.372. The molecule has 0 aromatic rings. The molecule has 4 N–H and O–H groups in total. The number of nitrogens with two attached hydrogens (primary N) is 1. The smallest absolute Gasteiger partial charge is 0.323 e. The fraction of sp³-hybridized carbons (Fsp3) is 0.800. The van der Waals surface area contributed by atoms with Gasteiger partial charge < -0.3 is 21.1 Å². The van der Waals surface area contributed by atoms with Crippen LogP contribution >= 0.6 is 0 Å². The molecule has 0 aliphatic heterocycles. The van der Waals surface area contributed by atoms with E-state index in [0.29, 0.717) is 19.5 Å². The highest BCUT2D eigenvalue weighted by Crippen LogP contribution is 2.12. The van der Waals surface area contributed by atoms with E-state index in [0.717, 1.165) is 0 Å². The number of carboxylic acids is 1. The van der Waals surface area contributed by atoms with E-state index in [2.05, 4.69) is 5.32 Å². The van der Waals surface area contributed by atoms with E-state index >= 15 is 0 Å². The minimum atomic E-state index is -1.02. The van der Waals surface area contributed by atoms with Gasteiger partial charge in [-0.05, 0) is 33.7 Å². The van der Waals surface area contributed by atoms with Gasteiger partial charge in [-0.2, -0.15) is 0 Å². The minimum Gasteiger partial charge on any atom is -0.480 e. The molecule has 0 aliphatic carbocycles. The van der Waals surface area contributed by atoms with Gasteiger partial charge in [0, 0.05) is 12.1 Å². The van der Waals surface area contributed by atoms with Gasteiger partial charge in [-0.25, -0.2) is 4.79 Å². The molecule has 0 saturated heterocycles. The van der Waals surface area contributed by atoms with Gasteiger partial charge in [0.15, 0.2) is 0 Å². The van der Waals surface area contributed by atoms with Gasteiger partial charge in [-0.3, -0.25) is 4.79 Å². The van der Waals surface area contributed by atoms with Crippen LogP contribution in [0.4, 0.5) is 4.79 Å². The first kappa shape index (κ1) is 14.7. The van der Waals surface area contributed by atoms with E-state index in [-0.39, 0.29) is 12.6 Å². The molecule has 0 rings (SSSR count). The number of nitrogens with one attached hydrogen (secondary N) is 1. The summed E-state index contributed by atoms with van der Waals surface area (Å²) in [5.74, 6) is -1.02. The average Bonchev–Trinajstić information content (AvgIpc) is 2.12. The maximum atomic E-state index is 11.7. The van der Waals surface area contributed by atoms with Crippen LogP contribution in [0, 0.1) is 0 Å². The maximum absolute atomic E-state index is 11.7. The van der Waals surface area contributed by atoms with Crippen molar-refractivity contribution in [3.05, 3.63) is 0 Å². The molecule has 0 radical (unpaired) electrons. The Morgan fingerprint density at radius 3 is 2.31 bits per heavy atom. The number of hydrogen-bond donors (Lipinski definition) is 3. The first-order valence-electron chi connectivity index (χ1n) is 5.26. The lowest BCUT2D eigenvalue weighted by Crippen LogP contribution is -2.52. The van der Waals surface area contributed by atoms with Crippen LogP contribution in [0.25, 0.3) is 0 Å². The van der Waals surface area contributed by atoms with Crippen molar-refractivity contribution in [1.82, 2.24) is 10.2 Å². The van der Waals surface area contributed by atoms with Crippen LogP contribution < -0.4 is 11.1 Å². The molecule has 2 amide bonds. The Morgan fingerprint density at radius 1 is 1.38 bits per heavy atom. The molecule has 0 atom stereocenters. The van der Waals surface area contributed by atoms with Crippen molar-refractivity contribution in [2.24, 2.45) is 5.73 Å². The standard InChI is InChI=1S/C10H21N3O3/c1-10(2,3)13(7-8(14)15)9(16)12-6-4-5-11/h4-7,11H2,1-3H3,(H,12,16)(H,14,15). The third-order valence-electron chi connectivity index (χ3n) is 2.01. The van der Waals surface area contributed by atoms with Crippen LogP contribution in [-0.2, 0) is 4.79 Å². The summed E-state index contributed by atoms with van der Waals surface area (Å²) in [6.07, 6.45) is 0.677. The van der Waals surface area contributed by atoms with Gasteiger partial charge in [0.25, 0.3) is 0 Å². The highest BCUT2D eigenvalue weighted by molar-refractivity contribution is 5.80. The predicted molar refractivity (Wildman–Crippen MR) is 61.2 cm³/mol. The quantitative estimate of drug-likeness (QED) is 0.590. The van der Waals surface area contributed by atoms with Crippen LogP contribution in [0.3, 0.4) is 0 Å². The zero-order valence-corrected chi connectivity index (χ0v) is 10.1. The molecule has 0 fully saturated rings. The molecule has 0 aromatic carbocycles. The average molecular weight is 231 g/mol. The SMILES string of the molecule is CC(C)(C)N(CC(=O)O)C(=O)NCCCN. The lowest BCUT2D eigenvalue weighted by atomic mass is 10.1.